The zero-order valence-electron chi connectivity index (χ0n) is 8.19. The Kier molecular flexibility index (Phi) is 3.69. The van der Waals surface area contributed by atoms with Crippen molar-refractivity contribution in [1.29, 1.82) is 0 Å². The molecule has 0 aliphatic carbocycles. The monoisotopic (exact) mass is 298 g/mol. The predicted molar refractivity (Wildman–Crippen MR) is 66.3 cm³/mol. The van der Waals surface area contributed by atoms with E-state index in [1.807, 2.05) is 12.1 Å². The quantitative estimate of drug-likeness (QED) is 0.885. The summed E-state index contributed by atoms with van der Waals surface area (Å²) in [4.78, 5) is 11.9. The summed E-state index contributed by atoms with van der Waals surface area (Å²) in [5, 5.41) is 3.38. The molecule has 0 aliphatic heterocycles. The molecule has 2 aromatic heterocycles. The maximum absolute atomic E-state index is 5.71. The molecule has 0 radical (unpaired) electrons. The summed E-state index contributed by atoms with van der Waals surface area (Å²) in [6.45, 7) is 0.661. The zero-order chi connectivity index (χ0) is 11.4. The van der Waals surface area contributed by atoms with Crippen molar-refractivity contribution in [2.75, 3.05) is 5.32 Å². The molecule has 1 N–H and O–H groups in total. The van der Waals surface area contributed by atoms with Crippen LogP contribution in [0.15, 0.2) is 35.2 Å². The van der Waals surface area contributed by atoms with Gasteiger partial charge in [0.05, 0.1) is 4.47 Å². The van der Waals surface area contributed by atoms with E-state index in [0.29, 0.717) is 12.4 Å². The normalized spacial score (nSPS) is 10.1. The predicted octanol–water partition coefficient (Wildman–Crippen LogP) is 2.90. The Morgan fingerprint density at radius 2 is 2.06 bits per heavy atom. The minimum Gasteiger partial charge on any atom is -0.365 e. The van der Waals surface area contributed by atoms with Crippen LogP contribution in [0.5, 0.6) is 0 Å². The number of nitrogens with zero attached hydrogens (tertiary/aromatic N) is 3. The van der Waals surface area contributed by atoms with Gasteiger partial charge in [-0.25, -0.2) is 4.98 Å². The highest BCUT2D eigenvalue weighted by atomic mass is 79.9. The Balaban J connectivity index is 2.08. The third-order valence-corrected chi connectivity index (χ3v) is 2.69. The average Bonchev–Trinajstić information content (AvgIpc) is 2.32. The fourth-order valence-electron chi connectivity index (χ4n) is 1.16. The molecule has 0 aliphatic rings. The summed E-state index contributed by atoms with van der Waals surface area (Å²) in [5.41, 5.74) is 1.12. The molecule has 2 aromatic rings. The van der Waals surface area contributed by atoms with Crippen molar-refractivity contribution in [2.24, 2.45) is 0 Å². The highest BCUT2D eigenvalue weighted by Crippen LogP contribution is 2.20. The molecule has 0 bridgehead atoms. The molecule has 16 heavy (non-hydrogen) atoms. The number of rotatable bonds is 3. The molecule has 0 spiro atoms. The molecular weight excluding hydrogens is 291 g/mol. The molecule has 0 fully saturated rings. The van der Waals surface area contributed by atoms with Crippen LogP contribution in [0.3, 0.4) is 0 Å². The molecular formula is C10H8BrClN4. The van der Waals surface area contributed by atoms with Crippen LogP contribution >= 0.6 is 27.5 Å². The molecule has 6 heteroatoms. The van der Waals surface area contributed by atoms with Gasteiger partial charge in [0.15, 0.2) is 0 Å². The lowest BCUT2D eigenvalue weighted by Crippen LogP contribution is -2.02. The lowest BCUT2D eigenvalue weighted by Gasteiger charge is -2.06. The van der Waals surface area contributed by atoms with E-state index in [4.69, 9.17) is 11.6 Å². The van der Waals surface area contributed by atoms with E-state index in [9.17, 15) is 0 Å². The van der Waals surface area contributed by atoms with Gasteiger partial charge in [0.2, 0.25) is 5.28 Å². The molecule has 0 unspecified atom stereocenters. The van der Waals surface area contributed by atoms with E-state index in [1.54, 1.807) is 18.6 Å². The topological polar surface area (TPSA) is 50.7 Å². The van der Waals surface area contributed by atoms with Crippen LogP contribution in [0, 0.1) is 0 Å². The van der Waals surface area contributed by atoms with Crippen molar-refractivity contribution in [2.45, 2.75) is 6.54 Å². The van der Waals surface area contributed by atoms with Crippen LogP contribution in [0.25, 0.3) is 0 Å². The summed E-state index contributed by atoms with van der Waals surface area (Å²) >= 11 is 9.05. The van der Waals surface area contributed by atoms with Gasteiger partial charge in [-0.1, -0.05) is 0 Å². The molecule has 0 amide bonds. The van der Waals surface area contributed by atoms with E-state index < -0.39 is 0 Å². The minimum atomic E-state index is 0.223. The van der Waals surface area contributed by atoms with Crippen molar-refractivity contribution in [3.8, 4) is 0 Å². The van der Waals surface area contributed by atoms with Gasteiger partial charge in [-0.3, -0.25) is 4.98 Å². The standard InChI is InChI=1S/C10H8BrClN4/c11-8-6-15-10(12)16-9(8)14-5-7-1-3-13-4-2-7/h1-4,6H,5H2,(H,14,15,16). The Labute approximate surface area is 106 Å². The van der Waals surface area contributed by atoms with Crippen LogP contribution in [0.4, 0.5) is 5.82 Å². The van der Waals surface area contributed by atoms with Gasteiger partial charge in [0.25, 0.3) is 0 Å². The van der Waals surface area contributed by atoms with Gasteiger partial charge in [-0.15, -0.1) is 0 Å². The van der Waals surface area contributed by atoms with Crippen molar-refractivity contribution < 1.29 is 0 Å². The van der Waals surface area contributed by atoms with E-state index in [0.717, 1.165) is 10.0 Å². The molecule has 0 saturated heterocycles. The summed E-state index contributed by atoms with van der Waals surface area (Å²) < 4.78 is 0.783. The van der Waals surface area contributed by atoms with Crippen LogP contribution < -0.4 is 5.32 Å². The second kappa shape index (κ2) is 5.23. The average molecular weight is 300 g/mol. The SMILES string of the molecule is Clc1ncc(Br)c(NCc2ccncc2)n1. The summed E-state index contributed by atoms with van der Waals surface area (Å²) in [6, 6.07) is 3.87. The number of aromatic nitrogens is 3. The van der Waals surface area contributed by atoms with E-state index in [-0.39, 0.29) is 5.28 Å². The van der Waals surface area contributed by atoms with Gasteiger partial charge in [-0.05, 0) is 45.2 Å². The van der Waals surface area contributed by atoms with Gasteiger partial charge < -0.3 is 5.32 Å². The van der Waals surface area contributed by atoms with E-state index in [2.05, 4.69) is 36.2 Å². The fourth-order valence-corrected chi connectivity index (χ4v) is 1.62. The first kappa shape index (κ1) is 11.3. The number of nitrogens with one attached hydrogen (secondary N) is 1. The van der Waals surface area contributed by atoms with E-state index >= 15 is 0 Å². The number of anilines is 1. The van der Waals surface area contributed by atoms with Crippen LogP contribution in [0.2, 0.25) is 5.28 Å². The number of pyridine rings is 1. The smallest absolute Gasteiger partial charge is 0.224 e. The molecule has 82 valence electrons. The van der Waals surface area contributed by atoms with Crippen LogP contribution in [-0.2, 0) is 6.54 Å². The minimum absolute atomic E-state index is 0.223. The maximum Gasteiger partial charge on any atom is 0.224 e. The molecule has 0 aromatic carbocycles. The number of hydrogen-bond donors (Lipinski definition) is 1. The van der Waals surface area contributed by atoms with Crippen LogP contribution in [0.1, 0.15) is 5.56 Å². The summed E-state index contributed by atoms with van der Waals surface area (Å²) in [7, 11) is 0. The van der Waals surface area contributed by atoms with Gasteiger partial charge in [0, 0.05) is 25.1 Å². The molecule has 2 rings (SSSR count). The highest BCUT2D eigenvalue weighted by Gasteiger charge is 2.02. The highest BCUT2D eigenvalue weighted by molar-refractivity contribution is 9.10. The fraction of sp³-hybridized carbons (Fsp3) is 0.100. The van der Waals surface area contributed by atoms with Gasteiger partial charge in [-0.2, -0.15) is 4.98 Å². The first-order valence-corrected chi connectivity index (χ1v) is 5.73. The largest absolute Gasteiger partial charge is 0.365 e. The Hall–Kier alpha value is -1.20. The lowest BCUT2D eigenvalue weighted by molar-refractivity contribution is 1.06. The first-order chi connectivity index (χ1) is 7.75. The van der Waals surface area contributed by atoms with Crippen molar-refractivity contribution >= 4 is 33.3 Å². The summed E-state index contributed by atoms with van der Waals surface area (Å²) in [5.74, 6) is 0.678. The molecule has 4 nitrogen and oxygen atoms in total. The third kappa shape index (κ3) is 2.90. The van der Waals surface area contributed by atoms with Crippen molar-refractivity contribution in [3.05, 3.63) is 46.0 Å². The first-order valence-electron chi connectivity index (χ1n) is 4.56. The Bertz CT molecular complexity index is 478. The molecule has 0 saturated carbocycles. The van der Waals surface area contributed by atoms with E-state index in [1.165, 1.54) is 0 Å². The second-order valence-electron chi connectivity index (χ2n) is 3.04. The maximum atomic E-state index is 5.71. The summed E-state index contributed by atoms with van der Waals surface area (Å²) in [6.07, 6.45) is 5.11. The molecule has 0 atom stereocenters. The van der Waals surface area contributed by atoms with Crippen molar-refractivity contribution in [1.82, 2.24) is 15.0 Å². The third-order valence-electron chi connectivity index (χ3n) is 1.92. The van der Waals surface area contributed by atoms with Gasteiger partial charge in [0.1, 0.15) is 5.82 Å². The zero-order valence-corrected chi connectivity index (χ0v) is 10.5. The Morgan fingerprint density at radius 1 is 1.31 bits per heavy atom. The number of hydrogen-bond acceptors (Lipinski definition) is 4. The van der Waals surface area contributed by atoms with Crippen LogP contribution in [-0.4, -0.2) is 15.0 Å². The lowest BCUT2D eigenvalue weighted by atomic mass is 10.3. The van der Waals surface area contributed by atoms with Gasteiger partial charge >= 0.3 is 0 Å². The molecule has 2 heterocycles. The Morgan fingerprint density at radius 3 is 2.81 bits per heavy atom. The number of halogens is 2. The van der Waals surface area contributed by atoms with Crippen molar-refractivity contribution in [3.63, 3.8) is 0 Å². The second-order valence-corrected chi connectivity index (χ2v) is 4.24.